The van der Waals surface area contributed by atoms with Crippen LogP contribution in [0, 0.1) is 13.8 Å². The van der Waals surface area contributed by atoms with Crippen molar-refractivity contribution in [3.63, 3.8) is 0 Å². The van der Waals surface area contributed by atoms with E-state index in [1.54, 1.807) is 0 Å². The first-order chi connectivity index (χ1) is 8.82. The van der Waals surface area contributed by atoms with Gasteiger partial charge in [-0.1, -0.05) is 12.1 Å². The van der Waals surface area contributed by atoms with E-state index in [-0.39, 0.29) is 6.61 Å². The number of alkyl halides is 3. The first kappa shape index (κ1) is 15.7. The molecule has 0 atom stereocenters. The lowest BCUT2D eigenvalue weighted by Crippen LogP contribution is -2.04. The molecule has 1 nitrogen and oxygen atoms in total. The minimum Gasteiger partial charge on any atom is -0.392 e. The maximum absolute atomic E-state index is 12.0. The fraction of sp³-hybridized carbons (Fsp3) is 0.286. The van der Waals surface area contributed by atoms with Crippen LogP contribution in [0.1, 0.15) is 20.9 Å². The number of benzene rings is 1. The third-order valence-electron chi connectivity index (χ3n) is 2.34. The Kier molecular flexibility index (Phi) is 5.57. The van der Waals surface area contributed by atoms with Crippen molar-refractivity contribution in [1.82, 2.24) is 0 Å². The highest BCUT2D eigenvalue weighted by Gasteiger charge is 2.29. The summed E-state index contributed by atoms with van der Waals surface area (Å²) in [5.74, 6) is 0. The molecule has 0 radical (unpaired) electrons. The Morgan fingerprint density at radius 3 is 1.68 bits per heavy atom. The standard InChI is InChI=1S/C8H7F3O.C6H8S/c9-8(10,11)7-3-1-6(5-12)2-4-7;1-5-3-4-6(2)7-5/h1-4,12H,5H2;3-4H,1-2H3. The Hall–Kier alpha value is -1.33. The van der Waals surface area contributed by atoms with E-state index in [0.29, 0.717) is 5.56 Å². The highest BCUT2D eigenvalue weighted by Crippen LogP contribution is 2.28. The Balaban J connectivity index is 0.000000218. The van der Waals surface area contributed by atoms with Crippen molar-refractivity contribution in [2.45, 2.75) is 26.6 Å². The SMILES string of the molecule is Cc1ccc(C)s1.OCc1ccc(C(F)(F)F)cc1. The number of halogens is 3. The van der Waals surface area contributed by atoms with Crippen LogP contribution in [0.4, 0.5) is 13.2 Å². The van der Waals surface area contributed by atoms with Crippen molar-refractivity contribution in [3.8, 4) is 0 Å². The number of rotatable bonds is 1. The number of hydrogen-bond donors (Lipinski definition) is 1. The first-order valence-corrected chi connectivity index (χ1v) is 6.44. The molecule has 19 heavy (non-hydrogen) atoms. The molecule has 0 spiro atoms. The molecule has 5 heteroatoms. The van der Waals surface area contributed by atoms with Crippen LogP contribution < -0.4 is 0 Å². The first-order valence-electron chi connectivity index (χ1n) is 5.63. The van der Waals surface area contributed by atoms with E-state index in [1.807, 2.05) is 11.3 Å². The van der Waals surface area contributed by atoms with Gasteiger partial charge in [-0.2, -0.15) is 13.2 Å². The topological polar surface area (TPSA) is 20.2 Å². The van der Waals surface area contributed by atoms with Gasteiger partial charge in [-0.15, -0.1) is 11.3 Å². The second-order valence-corrected chi connectivity index (χ2v) is 5.50. The van der Waals surface area contributed by atoms with Crippen LogP contribution in [-0.4, -0.2) is 5.11 Å². The summed E-state index contributed by atoms with van der Waals surface area (Å²) < 4.78 is 35.9. The van der Waals surface area contributed by atoms with Crippen molar-refractivity contribution in [2.75, 3.05) is 0 Å². The Morgan fingerprint density at radius 2 is 1.42 bits per heavy atom. The molecule has 1 N–H and O–H groups in total. The van der Waals surface area contributed by atoms with Gasteiger partial charge in [-0.25, -0.2) is 0 Å². The zero-order chi connectivity index (χ0) is 14.5. The smallest absolute Gasteiger partial charge is 0.392 e. The van der Waals surface area contributed by atoms with Gasteiger partial charge in [-0.05, 0) is 43.7 Å². The minimum absolute atomic E-state index is 0.238. The largest absolute Gasteiger partial charge is 0.416 e. The second-order valence-electron chi connectivity index (χ2n) is 4.01. The molecule has 2 aromatic rings. The molecule has 104 valence electrons. The van der Waals surface area contributed by atoms with E-state index in [2.05, 4.69) is 26.0 Å². The molecule has 2 rings (SSSR count). The summed E-state index contributed by atoms with van der Waals surface area (Å²) in [6.45, 7) is 4.01. The second kappa shape index (κ2) is 6.73. The monoisotopic (exact) mass is 288 g/mol. The fourth-order valence-corrected chi connectivity index (χ4v) is 2.14. The number of aliphatic hydroxyl groups excluding tert-OH is 1. The molecule has 0 bridgehead atoms. The Bertz CT molecular complexity index is 484. The van der Waals surface area contributed by atoms with Crippen LogP contribution >= 0.6 is 11.3 Å². The molecule has 1 heterocycles. The summed E-state index contributed by atoms with van der Waals surface area (Å²) in [5, 5.41) is 8.55. The predicted octanol–water partition coefficient (Wildman–Crippen LogP) is 4.56. The molecule has 0 aliphatic rings. The molecule has 0 amide bonds. The maximum atomic E-state index is 12.0. The molecule has 0 aliphatic carbocycles. The Morgan fingerprint density at radius 1 is 0.947 bits per heavy atom. The third-order valence-corrected chi connectivity index (χ3v) is 3.25. The molecule has 0 saturated carbocycles. The summed E-state index contributed by atoms with van der Waals surface area (Å²) in [6, 6.07) is 8.68. The van der Waals surface area contributed by atoms with Gasteiger partial charge in [0.2, 0.25) is 0 Å². The molecular formula is C14H15F3OS. The summed E-state index contributed by atoms with van der Waals surface area (Å²) in [6.07, 6.45) is -4.30. The summed E-state index contributed by atoms with van der Waals surface area (Å²) in [7, 11) is 0. The fourth-order valence-electron chi connectivity index (χ4n) is 1.36. The Labute approximate surface area is 114 Å². The highest BCUT2D eigenvalue weighted by atomic mass is 32.1. The van der Waals surface area contributed by atoms with Gasteiger partial charge >= 0.3 is 6.18 Å². The number of aryl methyl sites for hydroxylation is 2. The van der Waals surface area contributed by atoms with Crippen molar-refractivity contribution < 1.29 is 18.3 Å². The lowest BCUT2D eigenvalue weighted by atomic mass is 10.1. The van der Waals surface area contributed by atoms with Crippen molar-refractivity contribution in [1.29, 1.82) is 0 Å². The number of hydrogen-bond acceptors (Lipinski definition) is 2. The molecular weight excluding hydrogens is 273 g/mol. The average molecular weight is 288 g/mol. The molecule has 0 aliphatic heterocycles. The predicted molar refractivity (Wildman–Crippen MR) is 71.2 cm³/mol. The van der Waals surface area contributed by atoms with E-state index >= 15 is 0 Å². The lowest BCUT2D eigenvalue weighted by Gasteiger charge is -2.05. The quantitative estimate of drug-likeness (QED) is 0.815. The lowest BCUT2D eigenvalue weighted by molar-refractivity contribution is -0.137. The van der Waals surface area contributed by atoms with Crippen molar-refractivity contribution in [2.24, 2.45) is 0 Å². The van der Waals surface area contributed by atoms with Gasteiger partial charge in [0, 0.05) is 9.75 Å². The van der Waals surface area contributed by atoms with Crippen LogP contribution in [0.2, 0.25) is 0 Å². The van der Waals surface area contributed by atoms with Gasteiger partial charge < -0.3 is 5.11 Å². The minimum atomic E-state index is -4.30. The molecule has 1 aromatic carbocycles. The van der Waals surface area contributed by atoms with Gasteiger partial charge in [0.1, 0.15) is 0 Å². The van der Waals surface area contributed by atoms with E-state index in [9.17, 15) is 13.2 Å². The van der Waals surface area contributed by atoms with E-state index in [4.69, 9.17) is 5.11 Å². The molecule has 0 saturated heterocycles. The van der Waals surface area contributed by atoms with Gasteiger partial charge in [0.05, 0.1) is 12.2 Å². The number of thiophene rings is 1. The van der Waals surface area contributed by atoms with Crippen LogP contribution in [0.25, 0.3) is 0 Å². The molecule has 1 aromatic heterocycles. The van der Waals surface area contributed by atoms with Gasteiger partial charge in [-0.3, -0.25) is 0 Å². The van der Waals surface area contributed by atoms with Crippen LogP contribution in [0.15, 0.2) is 36.4 Å². The van der Waals surface area contributed by atoms with Crippen molar-refractivity contribution in [3.05, 3.63) is 57.3 Å². The van der Waals surface area contributed by atoms with E-state index in [0.717, 1.165) is 12.1 Å². The highest BCUT2D eigenvalue weighted by molar-refractivity contribution is 7.11. The third kappa shape index (κ3) is 5.44. The van der Waals surface area contributed by atoms with E-state index < -0.39 is 11.7 Å². The average Bonchev–Trinajstić information content (AvgIpc) is 2.73. The van der Waals surface area contributed by atoms with E-state index in [1.165, 1.54) is 21.9 Å². The van der Waals surface area contributed by atoms with Crippen molar-refractivity contribution >= 4 is 11.3 Å². The summed E-state index contributed by atoms with van der Waals surface area (Å²) in [4.78, 5) is 2.80. The van der Waals surface area contributed by atoms with Crippen LogP contribution in [0.3, 0.4) is 0 Å². The van der Waals surface area contributed by atoms with Crippen LogP contribution in [-0.2, 0) is 12.8 Å². The molecule has 0 unspecified atom stereocenters. The summed E-state index contributed by atoms with van der Waals surface area (Å²) >= 11 is 1.84. The normalized spacial score (nSPS) is 10.8. The zero-order valence-electron chi connectivity index (χ0n) is 10.7. The number of aliphatic hydroxyl groups is 1. The maximum Gasteiger partial charge on any atom is 0.416 e. The van der Waals surface area contributed by atoms with Gasteiger partial charge in [0.25, 0.3) is 0 Å². The molecule has 0 fully saturated rings. The zero-order valence-corrected chi connectivity index (χ0v) is 11.5. The summed E-state index contributed by atoms with van der Waals surface area (Å²) in [5.41, 5.74) is -0.220. The van der Waals surface area contributed by atoms with Crippen LogP contribution in [0.5, 0.6) is 0 Å². The van der Waals surface area contributed by atoms with Gasteiger partial charge in [0.15, 0.2) is 0 Å².